The molecular formula is C26H37N9O5. The van der Waals surface area contributed by atoms with E-state index in [2.05, 4.69) is 25.6 Å². The summed E-state index contributed by atoms with van der Waals surface area (Å²) in [6.45, 7) is 0.486. The number of hydrogen-bond donors (Lipinski definition) is 7. The van der Waals surface area contributed by atoms with Crippen LogP contribution in [0.2, 0.25) is 0 Å². The quantitative estimate of drug-likeness (QED) is 0.0825. The van der Waals surface area contributed by atoms with Crippen molar-refractivity contribution in [2.75, 3.05) is 13.1 Å². The Balaban J connectivity index is 1.78. The number of imidazole rings is 1. The lowest BCUT2D eigenvalue weighted by Gasteiger charge is -2.29. The number of guanidine groups is 1. The van der Waals surface area contributed by atoms with E-state index in [1.165, 1.54) is 11.2 Å². The number of carboxylic acids is 1. The molecule has 0 aliphatic carbocycles. The first-order valence-electron chi connectivity index (χ1n) is 13.1. The van der Waals surface area contributed by atoms with Crippen molar-refractivity contribution >= 4 is 29.7 Å². The lowest BCUT2D eigenvalue weighted by Crippen LogP contribution is -2.57. The van der Waals surface area contributed by atoms with Gasteiger partial charge in [-0.1, -0.05) is 30.3 Å². The highest BCUT2D eigenvalue weighted by Gasteiger charge is 2.38. The van der Waals surface area contributed by atoms with E-state index in [-0.39, 0.29) is 38.3 Å². The predicted octanol–water partition coefficient (Wildman–Crippen LogP) is -1.38. The SMILES string of the molecule is NC(N)=NCCCC(NC(=O)C(Cc1ccccc1)NC(=O)C(N)Cc1cnc[nH]1)C(=O)N1CCCC1C(=O)O. The molecule has 2 heterocycles. The van der Waals surface area contributed by atoms with Crippen LogP contribution >= 0.6 is 0 Å². The number of aliphatic imine (C=N–C) groups is 1. The second-order valence-corrected chi connectivity index (χ2v) is 9.68. The number of carbonyl (C=O) groups is 4. The number of rotatable bonds is 14. The molecule has 0 radical (unpaired) electrons. The minimum absolute atomic E-state index is 0.102. The van der Waals surface area contributed by atoms with Crippen molar-refractivity contribution in [3.63, 3.8) is 0 Å². The van der Waals surface area contributed by atoms with E-state index in [1.807, 2.05) is 30.3 Å². The zero-order valence-corrected chi connectivity index (χ0v) is 22.2. The number of nitrogens with one attached hydrogen (secondary N) is 3. The fourth-order valence-electron chi connectivity index (χ4n) is 4.58. The summed E-state index contributed by atoms with van der Waals surface area (Å²) in [5, 5.41) is 15.0. The van der Waals surface area contributed by atoms with Gasteiger partial charge in [-0.05, 0) is 31.2 Å². The fraction of sp³-hybridized carbons (Fsp3) is 0.462. The number of aliphatic carboxylic acids is 1. The molecule has 1 aromatic carbocycles. The summed E-state index contributed by atoms with van der Waals surface area (Å²) in [7, 11) is 0. The van der Waals surface area contributed by atoms with Gasteiger partial charge in [0.05, 0.1) is 12.4 Å². The zero-order chi connectivity index (χ0) is 29.1. The van der Waals surface area contributed by atoms with Crippen molar-refractivity contribution in [1.82, 2.24) is 25.5 Å². The number of likely N-dealkylation sites (tertiary alicyclic amines) is 1. The van der Waals surface area contributed by atoms with Crippen LogP contribution in [0.25, 0.3) is 0 Å². The maximum atomic E-state index is 13.6. The third-order valence-electron chi connectivity index (χ3n) is 6.63. The molecule has 4 unspecified atom stereocenters. The Morgan fingerprint density at radius 1 is 1.10 bits per heavy atom. The summed E-state index contributed by atoms with van der Waals surface area (Å²) in [5.74, 6) is -2.86. The molecule has 0 saturated carbocycles. The van der Waals surface area contributed by atoms with E-state index in [9.17, 15) is 24.3 Å². The predicted molar refractivity (Wildman–Crippen MR) is 147 cm³/mol. The molecule has 3 amide bonds. The molecule has 14 heteroatoms. The van der Waals surface area contributed by atoms with Crippen LogP contribution in [0.15, 0.2) is 47.8 Å². The molecular weight excluding hydrogens is 518 g/mol. The van der Waals surface area contributed by atoms with Gasteiger partial charge in [0.1, 0.15) is 18.1 Å². The minimum atomic E-state index is -1.10. The van der Waals surface area contributed by atoms with Gasteiger partial charge in [0, 0.05) is 37.8 Å². The van der Waals surface area contributed by atoms with Gasteiger partial charge < -0.3 is 42.8 Å². The monoisotopic (exact) mass is 555 g/mol. The van der Waals surface area contributed by atoms with Crippen LogP contribution < -0.4 is 27.8 Å². The van der Waals surface area contributed by atoms with Crippen molar-refractivity contribution in [2.45, 2.75) is 62.7 Å². The van der Waals surface area contributed by atoms with E-state index in [4.69, 9.17) is 17.2 Å². The molecule has 4 atom stereocenters. The maximum absolute atomic E-state index is 13.6. The van der Waals surface area contributed by atoms with Gasteiger partial charge in [0.2, 0.25) is 17.7 Å². The second kappa shape index (κ2) is 14.6. The van der Waals surface area contributed by atoms with Gasteiger partial charge in [-0.25, -0.2) is 9.78 Å². The largest absolute Gasteiger partial charge is 0.480 e. The number of carboxylic acid groups (broad SMARTS) is 1. The lowest BCUT2D eigenvalue weighted by atomic mass is 10.0. The summed E-state index contributed by atoms with van der Waals surface area (Å²) in [6.07, 6.45) is 4.75. The molecule has 14 nitrogen and oxygen atoms in total. The van der Waals surface area contributed by atoms with Crippen LogP contribution in [0.3, 0.4) is 0 Å². The van der Waals surface area contributed by atoms with E-state index in [0.29, 0.717) is 25.0 Å². The second-order valence-electron chi connectivity index (χ2n) is 9.68. The van der Waals surface area contributed by atoms with Crippen molar-refractivity contribution in [3.8, 4) is 0 Å². The molecule has 1 fully saturated rings. The summed E-state index contributed by atoms with van der Waals surface area (Å²) in [6, 6.07) is 5.07. The smallest absolute Gasteiger partial charge is 0.326 e. The van der Waals surface area contributed by atoms with Crippen LogP contribution in [0.4, 0.5) is 0 Å². The Kier molecular flexibility index (Phi) is 11.0. The number of hydrogen-bond acceptors (Lipinski definition) is 7. The molecule has 0 spiro atoms. The van der Waals surface area contributed by atoms with E-state index >= 15 is 0 Å². The summed E-state index contributed by atoms with van der Waals surface area (Å²) < 4.78 is 0. The minimum Gasteiger partial charge on any atom is -0.480 e. The van der Waals surface area contributed by atoms with Gasteiger partial charge >= 0.3 is 5.97 Å². The Morgan fingerprint density at radius 2 is 1.82 bits per heavy atom. The maximum Gasteiger partial charge on any atom is 0.326 e. The molecule has 1 saturated heterocycles. The van der Waals surface area contributed by atoms with Gasteiger partial charge in [0.25, 0.3) is 0 Å². The number of H-pyrrole nitrogens is 1. The van der Waals surface area contributed by atoms with Crippen molar-refractivity contribution < 1.29 is 24.3 Å². The highest BCUT2D eigenvalue weighted by Crippen LogP contribution is 2.20. The van der Waals surface area contributed by atoms with Crippen LogP contribution in [-0.4, -0.2) is 86.9 Å². The first kappa shape index (κ1) is 30.1. The fourth-order valence-corrected chi connectivity index (χ4v) is 4.58. The van der Waals surface area contributed by atoms with Crippen LogP contribution in [-0.2, 0) is 32.0 Å². The number of benzene rings is 1. The van der Waals surface area contributed by atoms with Crippen LogP contribution in [0.5, 0.6) is 0 Å². The third-order valence-corrected chi connectivity index (χ3v) is 6.63. The Labute approximate surface area is 231 Å². The number of carbonyl (C=O) groups excluding carboxylic acids is 3. The van der Waals surface area contributed by atoms with Gasteiger partial charge in [-0.15, -0.1) is 0 Å². The normalized spacial score (nSPS) is 16.9. The standard InChI is InChI=1S/C26H37N9O5/c27-18(13-17-14-30-15-32-17)22(36)34-20(12-16-6-2-1-3-7-16)23(37)33-19(8-4-10-31-26(28)29)24(38)35-11-5-9-21(35)25(39)40/h1-3,6-7,14-15,18-21H,4-5,8-13,27H2,(H,30,32)(H,33,37)(H,34,36)(H,39,40)(H4,28,29,31). The number of nitrogens with zero attached hydrogens (tertiary/aromatic N) is 3. The first-order valence-corrected chi connectivity index (χ1v) is 13.1. The topological polar surface area (TPSA) is 235 Å². The van der Waals surface area contributed by atoms with Gasteiger partial charge in [0.15, 0.2) is 5.96 Å². The molecule has 216 valence electrons. The number of nitrogens with two attached hydrogens (primary N) is 3. The summed E-state index contributed by atoms with van der Waals surface area (Å²) >= 11 is 0. The molecule has 1 aromatic heterocycles. The average molecular weight is 556 g/mol. The highest BCUT2D eigenvalue weighted by atomic mass is 16.4. The summed E-state index contributed by atoms with van der Waals surface area (Å²) in [5.41, 5.74) is 18.3. The van der Waals surface area contributed by atoms with Crippen molar-refractivity contribution in [1.29, 1.82) is 0 Å². The van der Waals surface area contributed by atoms with E-state index in [1.54, 1.807) is 6.20 Å². The van der Waals surface area contributed by atoms with E-state index < -0.39 is 47.9 Å². The van der Waals surface area contributed by atoms with Gasteiger partial charge in [-0.3, -0.25) is 19.4 Å². The third kappa shape index (κ3) is 8.80. The molecule has 10 N–H and O–H groups in total. The van der Waals surface area contributed by atoms with Crippen LogP contribution in [0.1, 0.15) is 36.9 Å². The average Bonchev–Trinajstić information content (AvgIpc) is 3.62. The van der Waals surface area contributed by atoms with Crippen molar-refractivity contribution in [3.05, 3.63) is 54.1 Å². The molecule has 1 aliphatic rings. The van der Waals surface area contributed by atoms with Gasteiger partial charge in [-0.2, -0.15) is 0 Å². The lowest BCUT2D eigenvalue weighted by molar-refractivity contribution is -0.149. The first-order chi connectivity index (χ1) is 19.2. The molecule has 3 rings (SSSR count). The number of amides is 3. The molecule has 1 aliphatic heterocycles. The van der Waals surface area contributed by atoms with E-state index in [0.717, 1.165) is 5.56 Å². The Morgan fingerprint density at radius 3 is 2.48 bits per heavy atom. The Hall–Kier alpha value is -4.46. The Bertz CT molecular complexity index is 1170. The summed E-state index contributed by atoms with van der Waals surface area (Å²) in [4.78, 5) is 63.7. The molecule has 2 aromatic rings. The zero-order valence-electron chi connectivity index (χ0n) is 22.2. The van der Waals surface area contributed by atoms with Crippen LogP contribution in [0, 0.1) is 0 Å². The molecule has 0 bridgehead atoms. The van der Waals surface area contributed by atoms with Crippen molar-refractivity contribution in [2.24, 2.45) is 22.2 Å². The molecule has 40 heavy (non-hydrogen) atoms. The number of aromatic nitrogens is 2. The number of aromatic amines is 1. The highest BCUT2D eigenvalue weighted by molar-refractivity contribution is 5.94.